The zero-order valence-corrected chi connectivity index (χ0v) is 6.72. The molecule has 0 unspecified atom stereocenters. The fourth-order valence-corrected chi connectivity index (χ4v) is 1.24. The van der Waals surface area contributed by atoms with E-state index in [4.69, 9.17) is 0 Å². The average Bonchev–Trinajstić information content (AvgIpc) is 1.88. The summed E-state index contributed by atoms with van der Waals surface area (Å²) in [6.07, 6.45) is 11.3. The van der Waals surface area contributed by atoms with E-state index in [0.29, 0.717) is 0 Å². The van der Waals surface area contributed by atoms with Gasteiger partial charge in [0.15, 0.2) is 0 Å². The number of rotatable bonds is 1. The molecule has 0 aliphatic heterocycles. The molecular formula is C10H14. The monoisotopic (exact) mass is 134 g/mol. The molecule has 0 saturated heterocycles. The molecule has 0 fully saturated rings. The van der Waals surface area contributed by atoms with Crippen LogP contribution < -0.4 is 0 Å². The molecule has 0 nitrogen and oxygen atoms in total. The second-order valence-corrected chi connectivity index (χ2v) is 2.71. The van der Waals surface area contributed by atoms with E-state index >= 15 is 0 Å². The first-order valence-corrected chi connectivity index (χ1v) is 3.83. The third-order valence-electron chi connectivity index (χ3n) is 1.69. The maximum Gasteiger partial charge on any atom is -0.0244 e. The van der Waals surface area contributed by atoms with Crippen molar-refractivity contribution in [2.45, 2.75) is 26.7 Å². The normalized spacial score (nSPS) is 19.0. The molecule has 1 rings (SSSR count). The van der Waals surface area contributed by atoms with Gasteiger partial charge in [-0.15, -0.1) is 0 Å². The first-order valence-electron chi connectivity index (χ1n) is 3.83. The molecule has 0 N–H and O–H groups in total. The smallest absolute Gasteiger partial charge is 0.0244 e. The van der Waals surface area contributed by atoms with Crippen LogP contribution in [0.4, 0.5) is 0 Å². The summed E-state index contributed by atoms with van der Waals surface area (Å²) in [6.45, 7) is 4.22. The van der Waals surface area contributed by atoms with Crippen LogP contribution in [0.3, 0.4) is 0 Å². The lowest BCUT2D eigenvalue weighted by Gasteiger charge is -2.06. The topological polar surface area (TPSA) is 0 Å². The zero-order valence-electron chi connectivity index (χ0n) is 6.72. The summed E-state index contributed by atoms with van der Waals surface area (Å²) >= 11 is 0. The largest absolute Gasteiger partial charge is 0.0874 e. The Morgan fingerprint density at radius 2 is 2.30 bits per heavy atom. The molecule has 10 heavy (non-hydrogen) atoms. The van der Waals surface area contributed by atoms with Gasteiger partial charge >= 0.3 is 0 Å². The van der Waals surface area contributed by atoms with Gasteiger partial charge < -0.3 is 0 Å². The van der Waals surface area contributed by atoms with E-state index in [-0.39, 0.29) is 0 Å². The van der Waals surface area contributed by atoms with Crippen molar-refractivity contribution in [3.05, 3.63) is 35.5 Å². The molecule has 0 atom stereocenters. The van der Waals surface area contributed by atoms with Gasteiger partial charge in [0.25, 0.3) is 0 Å². The summed E-state index contributed by atoms with van der Waals surface area (Å²) in [5, 5.41) is 0. The SMILES string of the molecule is C/C=C\C1=CC(C)=CCC1. The van der Waals surface area contributed by atoms with E-state index in [1.807, 2.05) is 0 Å². The third-order valence-corrected chi connectivity index (χ3v) is 1.69. The van der Waals surface area contributed by atoms with Crippen molar-refractivity contribution in [3.63, 3.8) is 0 Å². The fraction of sp³-hybridized carbons (Fsp3) is 0.400. The number of hydrogen-bond donors (Lipinski definition) is 0. The Morgan fingerprint density at radius 3 is 2.90 bits per heavy atom. The third kappa shape index (κ3) is 1.87. The predicted octanol–water partition coefficient (Wildman–Crippen LogP) is 3.23. The zero-order chi connectivity index (χ0) is 7.40. The minimum absolute atomic E-state index is 1.21. The molecule has 0 spiro atoms. The van der Waals surface area contributed by atoms with E-state index in [1.54, 1.807) is 0 Å². The number of allylic oxidation sites excluding steroid dienone is 6. The first-order chi connectivity index (χ1) is 4.83. The minimum Gasteiger partial charge on any atom is -0.0874 e. The Labute approximate surface area is 62.9 Å². The van der Waals surface area contributed by atoms with Gasteiger partial charge in [-0.05, 0) is 32.3 Å². The van der Waals surface area contributed by atoms with Crippen LogP contribution in [0, 0.1) is 0 Å². The van der Waals surface area contributed by atoms with E-state index in [2.05, 4.69) is 38.2 Å². The maximum absolute atomic E-state index is 2.28. The lowest BCUT2D eigenvalue weighted by molar-refractivity contribution is 0.972. The summed E-state index contributed by atoms with van der Waals surface area (Å²) < 4.78 is 0. The van der Waals surface area contributed by atoms with Crippen LogP contribution in [0.2, 0.25) is 0 Å². The van der Waals surface area contributed by atoms with Gasteiger partial charge in [-0.1, -0.05) is 29.9 Å². The second kappa shape index (κ2) is 3.40. The Hall–Kier alpha value is -0.780. The summed E-state index contributed by atoms with van der Waals surface area (Å²) in [5.74, 6) is 0. The lowest BCUT2D eigenvalue weighted by atomic mass is 10.0. The Morgan fingerprint density at radius 1 is 1.50 bits per heavy atom. The van der Waals surface area contributed by atoms with Crippen LogP contribution >= 0.6 is 0 Å². The molecule has 0 radical (unpaired) electrons. The van der Waals surface area contributed by atoms with Crippen LogP contribution in [-0.2, 0) is 0 Å². The van der Waals surface area contributed by atoms with Crippen molar-refractivity contribution in [3.8, 4) is 0 Å². The van der Waals surface area contributed by atoms with Crippen LogP contribution in [0.25, 0.3) is 0 Å². The van der Waals surface area contributed by atoms with Crippen LogP contribution in [0.15, 0.2) is 35.5 Å². The maximum atomic E-state index is 2.28. The van der Waals surface area contributed by atoms with E-state index < -0.39 is 0 Å². The summed E-state index contributed by atoms with van der Waals surface area (Å²) in [7, 11) is 0. The van der Waals surface area contributed by atoms with Crippen molar-refractivity contribution in [1.29, 1.82) is 0 Å². The van der Waals surface area contributed by atoms with E-state index in [0.717, 1.165) is 0 Å². The summed E-state index contributed by atoms with van der Waals surface area (Å²) in [4.78, 5) is 0. The van der Waals surface area contributed by atoms with Gasteiger partial charge in [-0.3, -0.25) is 0 Å². The predicted molar refractivity (Wildman–Crippen MR) is 45.9 cm³/mol. The molecule has 0 heterocycles. The highest BCUT2D eigenvalue weighted by Gasteiger charge is 1.97. The molecular weight excluding hydrogens is 120 g/mol. The van der Waals surface area contributed by atoms with Gasteiger partial charge in [-0.2, -0.15) is 0 Å². The molecule has 1 aliphatic rings. The van der Waals surface area contributed by atoms with Crippen molar-refractivity contribution in [1.82, 2.24) is 0 Å². The molecule has 54 valence electrons. The molecule has 0 aromatic rings. The molecule has 0 aromatic carbocycles. The molecule has 0 bridgehead atoms. The molecule has 0 saturated carbocycles. The van der Waals surface area contributed by atoms with Gasteiger partial charge in [0.1, 0.15) is 0 Å². The van der Waals surface area contributed by atoms with Crippen LogP contribution in [-0.4, -0.2) is 0 Å². The van der Waals surface area contributed by atoms with Crippen LogP contribution in [0.5, 0.6) is 0 Å². The van der Waals surface area contributed by atoms with Crippen molar-refractivity contribution in [2.75, 3.05) is 0 Å². The molecule has 0 amide bonds. The molecule has 0 heteroatoms. The highest BCUT2D eigenvalue weighted by molar-refractivity contribution is 5.32. The van der Waals surface area contributed by atoms with Crippen molar-refractivity contribution < 1.29 is 0 Å². The highest BCUT2D eigenvalue weighted by Crippen LogP contribution is 2.17. The van der Waals surface area contributed by atoms with E-state index in [9.17, 15) is 0 Å². The average molecular weight is 134 g/mol. The van der Waals surface area contributed by atoms with Gasteiger partial charge in [0, 0.05) is 0 Å². The Kier molecular flexibility index (Phi) is 2.49. The lowest BCUT2D eigenvalue weighted by Crippen LogP contribution is -1.86. The second-order valence-electron chi connectivity index (χ2n) is 2.71. The highest BCUT2D eigenvalue weighted by atomic mass is 14.0. The van der Waals surface area contributed by atoms with Gasteiger partial charge in [0.05, 0.1) is 0 Å². The van der Waals surface area contributed by atoms with Gasteiger partial charge in [-0.25, -0.2) is 0 Å². The minimum atomic E-state index is 1.21. The first kappa shape index (κ1) is 7.33. The Balaban J connectivity index is 2.68. The fourth-order valence-electron chi connectivity index (χ4n) is 1.24. The van der Waals surface area contributed by atoms with Gasteiger partial charge in [0.2, 0.25) is 0 Å². The van der Waals surface area contributed by atoms with Crippen LogP contribution in [0.1, 0.15) is 26.7 Å². The summed E-state index contributed by atoms with van der Waals surface area (Å²) in [6, 6.07) is 0. The molecule has 1 aliphatic carbocycles. The van der Waals surface area contributed by atoms with E-state index in [1.165, 1.54) is 24.0 Å². The summed E-state index contributed by atoms with van der Waals surface area (Å²) in [5.41, 5.74) is 2.86. The molecule has 0 aromatic heterocycles. The quantitative estimate of drug-likeness (QED) is 0.516. The van der Waals surface area contributed by atoms with Crippen molar-refractivity contribution in [2.24, 2.45) is 0 Å². The standard InChI is InChI=1S/C10H14/c1-3-5-10-7-4-6-9(2)8-10/h3,5-6,8H,4,7H2,1-2H3/b5-3-. The Bertz CT molecular complexity index is 192. The number of hydrogen-bond acceptors (Lipinski definition) is 0. The van der Waals surface area contributed by atoms with Crippen molar-refractivity contribution >= 4 is 0 Å².